The van der Waals surface area contributed by atoms with Gasteiger partial charge >= 0.3 is 0 Å². The molecular weight excluding hydrogens is 284 g/mol. The van der Waals surface area contributed by atoms with Crippen LogP contribution in [0, 0.1) is 11.3 Å². The van der Waals surface area contributed by atoms with E-state index >= 15 is 0 Å². The number of nitriles is 1. The molecule has 0 spiro atoms. The third-order valence-corrected chi connectivity index (χ3v) is 4.52. The van der Waals surface area contributed by atoms with E-state index < -0.39 is 5.54 Å². The fourth-order valence-electron chi connectivity index (χ4n) is 1.16. The Balaban J connectivity index is 2.48. The second-order valence-corrected chi connectivity index (χ2v) is 5.71. The first kappa shape index (κ1) is 13.6. The molecule has 0 saturated heterocycles. The Labute approximate surface area is 110 Å². The predicted octanol–water partition coefficient (Wildman–Crippen LogP) is 3.43. The van der Waals surface area contributed by atoms with Crippen LogP contribution in [0.25, 0.3) is 0 Å². The van der Waals surface area contributed by atoms with Crippen LogP contribution in [-0.4, -0.2) is 18.3 Å². The molecule has 1 unspecified atom stereocenters. The maximum atomic E-state index is 9.01. The maximum absolute atomic E-state index is 9.01. The molecule has 0 aromatic heterocycles. The van der Waals surface area contributed by atoms with Crippen molar-refractivity contribution in [3.05, 3.63) is 28.7 Å². The highest BCUT2D eigenvalue weighted by Crippen LogP contribution is 2.28. The van der Waals surface area contributed by atoms with Crippen molar-refractivity contribution in [3.8, 4) is 6.07 Å². The molecule has 0 radical (unpaired) electrons. The quantitative estimate of drug-likeness (QED) is 0.846. The van der Waals surface area contributed by atoms with Gasteiger partial charge in [-0.15, -0.1) is 11.8 Å². The average molecular weight is 299 g/mol. The van der Waals surface area contributed by atoms with Gasteiger partial charge < -0.3 is 5.32 Å². The lowest BCUT2D eigenvalue weighted by molar-refractivity contribution is 0.479. The first-order valence-electron chi connectivity index (χ1n) is 5.09. The van der Waals surface area contributed by atoms with E-state index in [9.17, 15) is 0 Å². The van der Waals surface area contributed by atoms with Gasteiger partial charge in [-0.2, -0.15) is 5.26 Å². The average Bonchev–Trinajstić information content (AvgIpc) is 2.31. The summed E-state index contributed by atoms with van der Waals surface area (Å²) in [6.45, 7) is 1.92. The first-order valence-corrected chi connectivity index (χ1v) is 6.86. The van der Waals surface area contributed by atoms with Crippen molar-refractivity contribution in [1.82, 2.24) is 5.32 Å². The lowest BCUT2D eigenvalue weighted by Crippen LogP contribution is -2.38. The van der Waals surface area contributed by atoms with Crippen molar-refractivity contribution in [2.24, 2.45) is 0 Å². The van der Waals surface area contributed by atoms with E-state index in [4.69, 9.17) is 5.26 Å². The molecule has 0 amide bonds. The van der Waals surface area contributed by atoms with Crippen molar-refractivity contribution in [1.29, 1.82) is 5.26 Å². The van der Waals surface area contributed by atoms with Crippen molar-refractivity contribution < 1.29 is 0 Å². The van der Waals surface area contributed by atoms with Crippen molar-refractivity contribution in [3.63, 3.8) is 0 Å². The lowest BCUT2D eigenvalue weighted by atomic mass is 10.0. The van der Waals surface area contributed by atoms with Crippen LogP contribution in [0.15, 0.2) is 33.6 Å². The molecule has 0 fully saturated rings. The Hall–Kier alpha value is -0.500. The minimum atomic E-state index is -0.422. The molecule has 0 aliphatic rings. The van der Waals surface area contributed by atoms with E-state index in [0.29, 0.717) is 0 Å². The summed E-state index contributed by atoms with van der Waals surface area (Å²) in [6, 6.07) is 10.4. The first-order chi connectivity index (χ1) is 7.61. The van der Waals surface area contributed by atoms with Crippen molar-refractivity contribution in [2.45, 2.75) is 23.8 Å². The van der Waals surface area contributed by atoms with E-state index in [1.807, 2.05) is 32.2 Å². The van der Waals surface area contributed by atoms with E-state index in [1.54, 1.807) is 11.8 Å². The minimum absolute atomic E-state index is 0.422. The number of thioether (sulfide) groups is 1. The Morgan fingerprint density at radius 2 is 2.19 bits per heavy atom. The summed E-state index contributed by atoms with van der Waals surface area (Å²) in [5, 5.41) is 12.0. The number of hydrogen-bond donors (Lipinski definition) is 1. The fourth-order valence-corrected chi connectivity index (χ4v) is 2.90. The van der Waals surface area contributed by atoms with Gasteiger partial charge in [-0.3, -0.25) is 0 Å². The Bertz CT molecular complexity index is 389. The zero-order valence-corrected chi connectivity index (χ0v) is 11.9. The van der Waals surface area contributed by atoms with Gasteiger partial charge in [0.1, 0.15) is 5.54 Å². The molecule has 0 saturated carbocycles. The van der Waals surface area contributed by atoms with Crippen LogP contribution >= 0.6 is 27.7 Å². The van der Waals surface area contributed by atoms with Gasteiger partial charge in [0.25, 0.3) is 0 Å². The molecule has 0 heterocycles. The highest BCUT2D eigenvalue weighted by atomic mass is 79.9. The number of rotatable bonds is 5. The van der Waals surface area contributed by atoms with Crippen LogP contribution in [-0.2, 0) is 0 Å². The molecule has 16 heavy (non-hydrogen) atoms. The molecular formula is C12H15BrN2S. The van der Waals surface area contributed by atoms with Crippen LogP contribution in [0.5, 0.6) is 0 Å². The normalized spacial score (nSPS) is 14.1. The molecule has 1 aromatic carbocycles. The summed E-state index contributed by atoms with van der Waals surface area (Å²) in [5.41, 5.74) is -0.422. The minimum Gasteiger partial charge on any atom is -0.303 e. The molecule has 86 valence electrons. The summed E-state index contributed by atoms with van der Waals surface area (Å²) in [5.74, 6) is 0.924. The Morgan fingerprint density at radius 1 is 1.50 bits per heavy atom. The monoisotopic (exact) mass is 298 g/mol. The van der Waals surface area contributed by atoms with E-state index in [0.717, 1.165) is 16.6 Å². The number of nitrogens with zero attached hydrogens (tertiary/aromatic N) is 1. The summed E-state index contributed by atoms with van der Waals surface area (Å²) in [6.07, 6.45) is 0.825. The standard InChI is InChI=1S/C12H15BrN2S/c1-12(9-14,15-2)7-8-16-11-6-4-3-5-10(11)13/h3-6,15H,7-8H2,1-2H3. The van der Waals surface area contributed by atoms with E-state index in [-0.39, 0.29) is 0 Å². The smallest absolute Gasteiger partial charge is 0.104 e. The largest absolute Gasteiger partial charge is 0.303 e. The topological polar surface area (TPSA) is 35.8 Å². The zero-order valence-electron chi connectivity index (χ0n) is 9.46. The van der Waals surface area contributed by atoms with Gasteiger partial charge in [0, 0.05) is 15.1 Å². The number of nitrogens with one attached hydrogen (secondary N) is 1. The molecule has 1 atom stereocenters. The molecule has 0 aliphatic heterocycles. The van der Waals surface area contributed by atoms with E-state index in [2.05, 4.69) is 33.4 Å². The molecule has 4 heteroatoms. The van der Waals surface area contributed by atoms with Crippen molar-refractivity contribution in [2.75, 3.05) is 12.8 Å². The summed E-state index contributed by atoms with van der Waals surface area (Å²) in [4.78, 5) is 1.22. The van der Waals surface area contributed by atoms with Crippen LogP contribution in [0.2, 0.25) is 0 Å². The van der Waals surface area contributed by atoms with Gasteiger partial charge in [0.15, 0.2) is 0 Å². The van der Waals surface area contributed by atoms with E-state index in [1.165, 1.54) is 4.90 Å². The van der Waals surface area contributed by atoms with Crippen LogP contribution in [0.1, 0.15) is 13.3 Å². The molecule has 2 nitrogen and oxygen atoms in total. The number of benzene rings is 1. The Morgan fingerprint density at radius 3 is 2.75 bits per heavy atom. The van der Waals surface area contributed by atoms with Gasteiger partial charge in [-0.25, -0.2) is 0 Å². The van der Waals surface area contributed by atoms with Crippen LogP contribution < -0.4 is 5.32 Å². The number of hydrogen-bond acceptors (Lipinski definition) is 3. The summed E-state index contributed by atoms with van der Waals surface area (Å²) in [7, 11) is 1.83. The fraction of sp³-hybridized carbons (Fsp3) is 0.417. The van der Waals surface area contributed by atoms with Gasteiger partial charge in [0.05, 0.1) is 6.07 Å². The highest BCUT2D eigenvalue weighted by Gasteiger charge is 2.20. The predicted molar refractivity (Wildman–Crippen MR) is 72.6 cm³/mol. The second kappa shape index (κ2) is 6.29. The second-order valence-electron chi connectivity index (χ2n) is 3.72. The molecule has 1 rings (SSSR count). The highest BCUT2D eigenvalue weighted by molar-refractivity contribution is 9.10. The third kappa shape index (κ3) is 3.82. The third-order valence-electron chi connectivity index (χ3n) is 2.49. The SMILES string of the molecule is CNC(C)(C#N)CCSc1ccccc1Br. The molecule has 1 aromatic rings. The maximum Gasteiger partial charge on any atom is 0.104 e. The zero-order chi connectivity index (χ0) is 12.0. The summed E-state index contributed by atoms with van der Waals surface area (Å²) >= 11 is 5.28. The van der Waals surface area contributed by atoms with Crippen molar-refractivity contribution >= 4 is 27.7 Å². The Kier molecular flexibility index (Phi) is 5.33. The molecule has 0 aliphatic carbocycles. The molecule has 1 N–H and O–H groups in total. The molecule has 0 bridgehead atoms. The van der Waals surface area contributed by atoms with Gasteiger partial charge in [-0.05, 0) is 48.5 Å². The lowest BCUT2D eigenvalue weighted by Gasteiger charge is -2.20. The van der Waals surface area contributed by atoms with Crippen LogP contribution in [0.3, 0.4) is 0 Å². The van der Waals surface area contributed by atoms with Gasteiger partial charge in [0.2, 0.25) is 0 Å². The van der Waals surface area contributed by atoms with Crippen LogP contribution in [0.4, 0.5) is 0 Å². The van der Waals surface area contributed by atoms with Gasteiger partial charge in [-0.1, -0.05) is 12.1 Å². The summed E-state index contributed by atoms with van der Waals surface area (Å²) < 4.78 is 1.11. The number of halogens is 1.